The molecule has 2 aromatic rings. The highest BCUT2D eigenvalue weighted by atomic mass is 35.5. The van der Waals surface area contributed by atoms with Crippen molar-refractivity contribution in [2.75, 3.05) is 36.4 Å². The van der Waals surface area contributed by atoms with Crippen molar-refractivity contribution in [3.63, 3.8) is 0 Å². The number of non-ortho nitro benzene ring substituents is 1. The number of rotatable bonds is 5. The van der Waals surface area contributed by atoms with Gasteiger partial charge in [0.1, 0.15) is 5.82 Å². The lowest BCUT2D eigenvalue weighted by molar-refractivity contribution is -0.384. The van der Waals surface area contributed by atoms with Gasteiger partial charge in [-0.1, -0.05) is 17.7 Å². The van der Waals surface area contributed by atoms with Crippen LogP contribution in [0.25, 0.3) is 0 Å². The molecule has 1 fully saturated rings. The summed E-state index contributed by atoms with van der Waals surface area (Å²) in [6.45, 7) is 4.79. The highest BCUT2D eigenvalue weighted by Gasteiger charge is 2.26. The van der Waals surface area contributed by atoms with Crippen molar-refractivity contribution < 1.29 is 9.72 Å². The number of hydrogen-bond acceptors (Lipinski definition) is 6. The number of piperazine rings is 1. The van der Waals surface area contributed by atoms with Gasteiger partial charge in [-0.05, 0) is 25.1 Å². The number of carbonyl (C=O) groups is 1. The third kappa shape index (κ3) is 4.53. The van der Waals surface area contributed by atoms with Crippen LogP contribution in [-0.2, 0) is 4.79 Å². The van der Waals surface area contributed by atoms with Gasteiger partial charge in [-0.3, -0.25) is 19.8 Å². The van der Waals surface area contributed by atoms with Crippen LogP contribution in [0, 0.1) is 10.1 Å². The Morgan fingerprint density at radius 2 is 2.00 bits per heavy atom. The molecule has 27 heavy (non-hydrogen) atoms. The maximum absolute atomic E-state index is 12.6. The number of pyridine rings is 1. The molecule has 2 heterocycles. The second-order valence-corrected chi connectivity index (χ2v) is 6.70. The van der Waals surface area contributed by atoms with Crippen LogP contribution in [0.4, 0.5) is 17.2 Å². The van der Waals surface area contributed by atoms with E-state index in [9.17, 15) is 14.9 Å². The molecule has 0 unspecified atom stereocenters. The molecule has 0 bridgehead atoms. The summed E-state index contributed by atoms with van der Waals surface area (Å²) in [7, 11) is 0. The van der Waals surface area contributed by atoms with Crippen LogP contribution in [0.15, 0.2) is 42.6 Å². The van der Waals surface area contributed by atoms with E-state index in [1.807, 2.05) is 25.1 Å². The summed E-state index contributed by atoms with van der Waals surface area (Å²) >= 11 is 6.06. The molecule has 142 valence electrons. The molecule has 1 aliphatic heterocycles. The molecule has 1 amide bonds. The molecule has 1 aliphatic rings. The third-order valence-corrected chi connectivity index (χ3v) is 4.96. The van der Waals surface area contributed by atoms with Gasteiger partial charge < -0.3 is 10.2 Å². The van der Waals surface area contributed by atoms with E-state index in [2.05, 4.69) is 20.1 Å². The molecule has 1 N–H and O–H groups in total. The smallest absolute Gasteiger partial charge is 0.271 e. The molecule has 9 heteroatoms. The van der Waals surface area contributed by atoms with Gasteiger partial charge in [0.2, 0.25) is 5.91 Å². The molecule has 0 saturated carbocycles. The molecule has 1 atom stereocenters. The minimum atomic E-state index is -0.522. The Hall–Kier alpha value is -2.71. The van der Waals surface area contributed by atoms with Gasteiger partial charge in [0.25, 0.3) is 5.69 Å². The second kappa shape index (κ2) is 8.32. The van der Waals surface area contributed by atoms with E-state index in [0.29, 0.717) is 13.1 Å². The van der Waals surface area contributed by atoms with E-state index in [0.717, 1.165) is 18.9 Å². The predicted molar refractivity (Wildman–Crippen MR) is 104 cm³/mol. The number of nitro groups is 1. The van der Waals surface area contributed by atoms with Crippen LogP contribution in [0.3, 0.4) is 0 Å². The zero-order valence-electron chi connectivity index (χ0n) is 14.8. The highest BCUT2D eigenvalue weighted by molar-refractivity contribution is 6.33. The second-order valence-electron chi connectivity index (χ2n) is 6.30. The normalized spacial score (nSPS) is 16.0. The molecule has 8 nitrogen and oxygen atoms in total. The standard InChI is InChI=1S/C18H20ClN5O3/c1-13(18(25)21-16-12-14(24(26)27)5-6-15(16)19)22-8-10-23(11-9-22)17-4-2-3-7-20-17/h2-7,12-13H,8-11H2,1H3,(H,21,25)/t13-/m0/s1. The molecular formula is C18H20ClN5O3. The summed E-state index contributed by atoms with van der Waals surface area (Å²) in [4.78, 5) is 31.6. The maximum Gasteiger partial charge on any atom is 0.271 e. The minimum absolute atomic E-state index is 0.119. The quantitative estimate of drug-likeness (QED) is 0.624. The number of benzene rings is 1. The fourth-order valence-corrected chi connectivity index (χ4v) is 3.17. The monoisotopic (exact) mass is 389 g/mol. The van der Waals surface area contributed by atoms with Crippen molar-refractivity contribution in [1.29, 1.82) is 0 Å². The third-order valence-electron chi connectivity index (χ3n) is 4.63. The largest absolute Gasteiger partial charge is 0.354 e. The number of anilines is 2. The van der Waals surface area contributed by atoms with Crippen molar-refractivity contribution >= 4 is 34.7 Å². The Kier molecular flexibility index (Phi) is 5.88. The van der Waals surface area contributed by atoms with Crippen LogP contribution >= 0.6 is 11.6 Å². The summed E-state index contributed by atoms with van der Waals surface area (Å²) in [6, 6.07) is 9.40. The first-order valence-electron chi connectivity index (χ1n) is 8.60. The van der Waals surface area contributed by atoms with E-state index >= 15 is 0 Å². The fourth-order valence-electron chi connectivity index (χ4n) is 3.00. The van der Waals surface area contributed by atoms with Crippen molar-refractivity contribution in [3.8, 4) is 0 Å². The van der Waals surface area contributed by atoms with Crippen LogP contribution in [-0.4, -0.2) is 52.9 Å². The molecule has 1 aromatic carbocycles. The number of hydrogen-bond donors (Lipinski definition) is 1. The SMILES string of the molecule is C[C@@H](C(=O)Nc1cc([N+](=O)[O-])ccc1Cl)N1CCN(c2ccccn2)CC1. The lowest BCUT2D eigenvalue weighted by atomic mass is 10.2. The maximum atomic E-state index is 12.6. The summed E-state index contributed by atoms with van der Waals surface area (Å²) in [6.07, 6.45) is 1.76. The van der Waals surface area contributed by atoms with Gasteiger partial charge in [-0.2, -0.15) is 0 Å². The average Bonchev–Trinajstić information content (AvgIpc) is 2.69. The van der Waals surface area contributed by atoms with Gasteiger partial charge in [0.15, 0.2) is 0 Å². The number of carbonyl (C=O) groups excluding carboxylic acids is 1. The van der Waals surface area contributed by atoms with Crippen molar-refractivity contribution in [2.24, 2.45) is 0 Å². The van der Waals surface area contributed by atoms with Crippen LogP contribution in [0.1, 0.15) is 6.92 Å². The molecule has 1 aromatic heterocycles. The molecule has 0 spiro atoms. The minimum Gasteiger partial charge on any atom is -0.354 e. The van der Waals surface area contributed by atoms with E-state index in [1.54, 1.807) is 6.20 Å². The Labute approximate surface area is 161 Å². The van der Waals surface area contributed by atoms with Crippen LogP contribution in [0.5, 0.6) is 0 Å². The topological polar surface area (TPSA) is 91.6 Å². The number of nitrogens with one attached hydrogen (secondary N) is 1. The first kappa shape index (κ1) is 19.1. The van der Waals surface area contributed by atoms with Gasteiger partial charge >= 0.3 is 0 Å². The van der Waals surface area contributed by atoms with Gasteiger partial charge in [-0.15, -0.1) is 0 Å². The van der Waals surface area contributed by atoms with Gasteiger partial charge in [0.05, 0.1) is 21.7 Å². The molecule has 0 radical (unpaired) electrons. The van der Waals surface area contributed by atoms with E-state index in [1.165, 1.54) is 18.2 Å². The predicted octanol–water partition coefficient (Wildman–Crippen LogP) is 2.79. The first-order valence-corrected chi connectivity index (χ1v) is 8.98. The number of halogens is 1. The van der Waals surface area contributed by atoms with Gasteiger partial charge in [0, 0.05) is 44.5 Å². The fraction of sp³-hybridized carbons (Fsp3) is 0.333. The number of nitrogens with zero attached hydrogens (tertiary/aromatic N) is 4. The molecule has 0 aliphatic carbocycles. The summed E-state index contributed by atoms with van der Waals surface area (Å²) < 4.78 is 0. The van der Waals surface area contributed by atoms with E-state index in [4.69, 9.17) is 11.6 Å². The Balaban J connectivity index is 1.60. The number of nitro benzene ring substituents is 1. The highest BCUT2D eigenvalue weighted by Crippen LogP contribution is 2.27. The molecule has 1 saturated heterocycles. The van der Waals surface area contributed by atoms with Crippen molar-refractivity contribution in [3.05, 3.63) is 57.7 Å². The number of amides is 1. The van der Waals surface area contributed by atoms with E-state index < -0.39 is 4.92 Å². The Bertz CT molecular complexity index is 825. The summed E-state index contributed by atoms with van der Waals surface area (Å²) in [5, 5.41) is 13.9. The lowest BCUT2D eigenvalue weighted by Crippen LogP contribution is -2.53. The van der Waals surface area contributed by atoms with Gasteiger partial charge in [-0.25, -0.2) is 4.98 Å². The summed E-state index contributed by atoms with van der Waals surface area (Å²) in [5.41, 5.74) is 0.126. The molecule has 3 rings (SSSR count). The molecular weight excluding hydrogens is 370 g/mol. The zero-order valence-corrected chi connectivity index (χ0v) is 15.6. The van der Waals surface area contributed by atoms with E-state index in [-0.39, 0.29) is 28.3 Å². The Morgan fingerprint density at radius 1 is 1.26 bits per heavy atom. The summed E-state index contributed by atoms with van der Waals surface area (Å²) in [5.74, 6) is 0.682. The number of aromatic nitrogens is 1. The van der Waals surface area contributed by atoms with Crippen LogP contribution in [0.2, 0.25) is 5.02 Å². The van der Waals surface area contributed by atoms with Crippen molar-refractivity contribution in [2.45, 2.75) is 13.0 Å². The Morgan fingerprint density at radius 3 is 2.63 bits per heavy atom. The van der Waals surface area contributed by atoms with Crippen LogP contribution < -0.4 is 10.2 Å². The zero-order chi connectivity index (χ0) is 19.4. The van der Waals surface area contributed by atoms with Crippen molar-refractivity contribution in [1.82, 2.24) is 9.88 Å². The average molecular weight is 390 g/mol. The lowest BCUT2D eigenvalue weighted by Gasteiger charge is -2.37. The first-order chi connectivity index (χ1) is 13.0.